The number of fused-ring (bicyclic) bond motifs is 1. The summed E-state index contributed by atoms with van der Waals surface area (Å²) in [7, 11) is 0. The monoisotopic (exact) mass is 282 g/mol. The summed E-state index contributed by atoms with van der Waals surface area (Å²) in [5, 5.41) is 13.1. The smallest absolute Gasteiger partial charge is 0.415 e. The van der Waals surface area contributed by atoms with E-state index in [9.17, 15) is 9.59 Å². The number of carbonyl (C=O) groups is 2. The van der Waals surface area contributed by atoms with Gasteiger partial charge in [-0.05, 0) is 12.1 Å². The van der Waals surface area contributed by atoms with Crippen molar-refractivity contribution in [2.24, 2.45) is 0 Å². The van der Waals surface area contributed by atoms with E-state index in [4.69, 9.17) is 5.11 Å². The molecule has 2 aromatic heterocycles. The van der Waals surface area contributed by atoms with Gasteiger partial charge < -0.3 is 10.4 Å². The van der Waals surface area contributed by atoms with Crippen LogP contribution in [-0.2, 0) is 0 Å². The maximum Gasteiger partial charge on any atom is 0.415 e. The molecule has 0 spiro atoms. The third kappa shape index (κ3) is 2.57. The molecule has 0 aliphatic heterocycles. The molecular weight excluding hydrogens is 272 g/mol. The van der Waals surface area contributed by atoms with Crippen LogP contribution < -0.4 is 5.32 Å². The second-order valence-corrected chi connectivity index (χ2v) is 4.34. The number of nitrogens with zero attached hydrogens (tertiary/aromatic N) is 3. The Bertz CT molecular complexity index is 827. The van der Waals surface area contributed by atoms with Crippen molar-refractivity contribution in [3.63, 3.8) is 0 Å². The lowest BCUT2D eigenvalue weighted by molar-refractivity contribution is 0.102. The van der Waals surface area contributed by atoms with Crippen molar-refractivity contribution in [2.45, 2.75) is 0 Å². The van der Waals surface area contributed by atoms with Crippen LogP contribution in [0.25, 0.3) is 10.8 Å². The molecule has 0 atom stereocenters. The van der Waals surface area contributed by atoms with Crippen LogP contribution in [0.4, 0.5) is 10.5 Å². The Kier molecular flexibility index (Phi) is 3.07. The number of carboxylic acid groups (broad SMARTS) is 1. The Morgan fingerprint density at radius 1 is 1.14 bits per heavy atom. The van der Waals surface area contributed by atoms with Gasteiger partial charge in [-0.2, -0.15) is 0 Å². The Morgan fingerprint density at radius 2 is 1.95 bits per heavy atom. The zero-order chi connectivity index (χ0) is 14.8. The predicted octanol–water partition coefficient (Wildman–Crippen LogP) is 2.21. The van der Waals surface area contributed by atoms with E-state index in [1.165, 1.54) is 31.0 Å². The molecule has 0 aliphatic carbocycles. The van der Waals surface area contributed by atoms with Crippen molar-refractivity contribution in [2.75, 3.05) is 5.32 Å². The van der Waals surface area contributed by atoms with Gasteiger partial charge in [-0.15, -0.1) is 0 Å². The van der Waals surface area contributed by atoms with E-state index in [1.807, 2.05) is 0 Å². The van der Waals surface area contributed by atoms with Crippen LogP contribution in [0.2, 0.25) is 0 Å². The third-order valence-electron chi connectivity index (χ3n) is 2.92. The topological polar surface area (TPSA) is 97.1 Å². The van der Waals surface area contributed by atoms with Crippen LogP contribution in [0.3, 0.4) is 0 Å². The van der Waals surface area contributed by atoms with Gasteiger partial charge in [0.1, 0.15) is 5.69 Å². The van der Waals surface area contributed by atoms with E-state index >= 15 is 0 Å². The van der Waals surface area contributed by atoms with Crippen LogP contribution in [0.15, 0.2) is 49.2 Å². The van der Waals surface area contributed by atoms with Crippen LogP contribution in [0.5, 0.6) is 0 Å². The summed E-state index contributed by atoms with van der Waals surface area (Å²) in [6, 6.07) is 5.13. The fourth-order valence-electron chi connectivity index (χ4n) is 1.94. The molecule has 0 fully saturated rings. The Balaban J connectivity index is 1.87. The first-order valence-corrected chi connectivity index (χ1v) is 6.06. The predicted molar refractivity (Wildman–Crippen MR) is 75.3 cm³/mol. The molecule has 0 radical (unpaired) electrons. The summed E-state index contributed by atoms with van der Waals surface area (Å²) >= 11 is 0. The highest BCUT2D eigenvalue weighted by molar-refractivity contribution is 6.03. The zero-order valence-corrected chi connectivity index (χ0v) is 10.7. The Morgan fingerprint density at radius 3 is 2.67 bits per heavy atom. The minimum absolute atomic E-state index is 0.209. The Labute approximate surface area is 118 Å². The lowest BCUT2D eigenvalue weighted by atomic mass is 10.2. The van der Waals surface area contributed by atoms with E-state index < -0.39 is 6.09 Å². The minimum Gasteiger partial charge on any atom is -0.464 e. The lowest BCUT2D eigenvalue weighted by Crippen LogP contribution is -2.13. The summed E-state index contributed by atoms with van der Waals surface area (Å²) < 4.78 is 1.07. The normalized spacial score (nSPS) is 10.5. The van der Waals surface area contributed by atoms with Crippen molar-refractivity contribution in [1.29, 1.82) is 0 Å². The first-order chi connectivity index (χ1) is 10.1. The van der Waals surface area contributed by atoms with Gasteiger partial charge in [0, 0.05) is 41.2 Å². The molecule has 3 rings (SSSR count). The van der Waals surface area contributed by atoms with Crippen molar-refractivity contribution in [3.8, 4) is 0 Å². The zero-order valence-electron chi connectivity index (χ0n) is 10.7. The third-order valence-corrected chi connectivity index (χ3v) is 2.92. The molecule has 21 heavy (non-hydrogen) atoms. The summed E-state index contributed by atoms with van der Waals surface area (Å²) in [5.74, 6) is -0.375. The second-order valence-electron chi connectivity index (χ2n) is 4.34. The molecule has 0 unspecified atom stereocenters. The molecule has 2 heterocycles. The lowest BCUT2D eigenvalue weighted by Gasteiger charge is -2.04. The van der Waals surface area contributed by atoms with E-state index in [0.29, 0.717) is 11.1 Å². The van der Waals surface area contributed by atoms with Crippen molar-refractivity contribution in [3.05, 3.63) is 54.9 Å². The summed E-state index contributed by atoms with van der Waals surface area (Å²) in [6.45, 7) is 0. The van der Waals surface area contributed by atoms with Gasteiger partial charge in [-0.3, -0.25) is 14.3 Å². The highest BCUT2D eigenvalue weighted by Gasteiger charge is 2.09. The fraction of sp³-hybridized carbons (Fsp3) is 0. The number of rotatable bonds is 2. The largest absolute Gasteiger partial charge is 0.464 e. The summed E-state index contributed by atoms with van der Waals surface area (Å²) in [6.07, 6.45) is 6.22. The Hall–Kier alpha value is -3.22. The van der Waals surface area contributed by atoms with Gasteiger partial charge >= 0.3 is 6.09 Å². The average Bonchev–Trinajstić information content (AvgIpc) is 2.91. The molecule has 0 saturated carbocycles. The second kappa shape index (κ2) is 5.04. The van der Waals surface area contributed by atoms with Gasteiger partial charge in [-0.25, -0.2) is 9.78 Å². The number of hydrogen-bond donors (Lipinski definition) is 2. The van der Waals surface area contributed by atoms with Crippen molar-refractivity contribution >= 4 is 28.5 Å². The summed E-state index contributed by atoms with van der Waals surface area (Å²) in [4.78, 5) is 30.6. The number of nitrogens with one attached hydrogen (secondary N) is 1. The van der Waals surface area contributed by atoms with Gasteiger partial charge in [0.15, 0.2) is 0 Å². The quantitative estimate of drug-likeness (QED) is 0.751. The van der Waals surface area contributed by atoms with Crippen molar-refractivity contribution < 1.29 is 14.7 Å². The first-order valence-electron chi connectivity index (χ1n) is 6.06. The SMILES string of the molecule is O=C(Nc1ccc2cn(C(=O)O)cc2c1)c1cnccn1. The maximum atomic E-state index is 12.0. The van der Waals surface area contributed by atoms with Crippen molar-refractivity contribution in [1.82, 2.24) is 14.5 Å². The van der Waals surface area contributed by atoms with Crippen LogP contribution in [-0.4, -0.2) is 31.6 Å². The summed E-state index contributed by atoms with van der Waals surface area (Å²) in [5.41, 5.74) is 0.766. The van der Waals surface area contributed by atoms with Gasteiger partial charge in [0.05, 0.1) is 6.20 Å². The molecular formula is C14H10N4O3. The molecule has 7 heteroatoms. The van der Waals surface area contributed by atoms with Crippen LogP contribution in [0, 0.1) is 0 Å². The number of hydrogen-bond acceptors (Lipinski definition) is 4. The number of carbonyl (C=O) groups excluding carboxylic acids is 1. The highest BCUT2D eigenvalue weighted by atomic mass is 16.4. The van der Waals surface area contributed by atoms with Crippen LogP contribution in [0.1, 0.15) is 10.5 Å². The molecule has 0 bridgehead atoms. The standard InChI is InChI=1S/C14H10N4O3/c19-13(12-6-15-3-4-16-12)17-11-2-1-9-7-18(14(20)21)8-10(9)5-11/h1-8H,(H,17,19)(H,20,21). The molecule has 1 aromatic carbocycles. The van der Waals surface area contributed by atoms with E-state index in [-0.39, 0.29) is 11.6 Å². The highest BCUT2D eigenvalue weighted by Crippen LogP contribution is 2.20. The molecule has 2 N–H and O–H groups in total. The van der Waals surface area contributed by atoms with E-state index in [0.717, 1.165) is 9.95 Å². The molecule has 0 aliphatic rings. The van der Waals surface area contributed by atoms with Gasteiger partial charge in [-0.1, -0.05) is 6.07 Å². The van der Waals surface area contributed by atoms with Gasteiger partial charge in [0.25, 0.3) is 5.91 Å². The number of benzene rings is 1. The molecule has 1 amide bonds. The van der Waals surface area contributed by atoms with E-state index in [1.54, 1.807) is 18.2 Å². The fourth-order valence-corrected chi connectivity index (χ4v) is 1.94. The average molecular weight is 282 g/mol. The number of aromatic nitrogens is 3. The maximum absolute atomic E-state index is 12.0. The van der Waals surface area contributed by atoms with Crippen LogP contribution >= 0.6 is 0 Å². The molecule has 0 saturated heterocycles. The minimum atomic E-state index is -1.06. The molecule has 7 nitrogen and oxygen atoms in total. The molecule has 3 aromatic rings. The molecule has 104 valence electrons. The van der Waals surface area contributed by atoms with E-state index in [2.05, 4.69) is 15.3 Å². The number of amides is 1. The number of anilines is 1. The first kappa shape index (κ1) is 12.8. The van der Waals surface area contributed by atoms with Gasteiger partial charge in [0.2, 0.25) is 0 Å².